The average Bonchev–Trinajstić information content (AvgIpc) is 2.16. The fraction of sp³-hybridized carbons (Fsp3) is 0.889. The van der Waals surface area contributed by atoms with Crippen molar-refractivity contribution in [2.45, 2.75) is 38.8 Å². The summed E-state index contributed by atoms with van der Waals surface area (Å²) in [7, 11) is 1.73. The fourth-order valence-electron chi connectivity index (χ4n) is 0.960. The first-order chi connectivity index (χ1) is 6.20. The molecule has 0 bridgehead atoms. The predicted octanol–water partition coefficient (Wildman–Crippen LogP) is 0.221. The number of aliphatic hydroxyl groups excluding tert-OH is 1. The van der Waals surface area contributed by atoms with Crippen molar-refractivity contribution in [3.8, 4) is 0 Å². The van der Waals surface area contributed by atoms with Crippen LogP contribution in [0.1, 0.15) is 32.6 Å². The van der Waals surface area contributed by atoms with E-state index in [9.17, 15) is 4.79 Å². The molecule has 0 heterocycles. The number of nitrogens with one attached hydrogen (secondary N) is 2. The smallest absolute Gasteiger partial charge is 0.219 e. The zero-order chi connectivity index (χ0) is 10.1. The summed E-state index contributed by atoms with van der Waals surface area (Å²) < 4.78 is 0. The minimum atomic E-state index is -0.415. The van der Waals surface area contributed by atoms with Gasteiger partial charge in [-0.1, -0.05) is 6.92 Å². The third kappa shape index (κ3) is 7.74. The molecule has 13 heavy (non-hydrogen) atoms. The lowest BCUT2D eigenvalue weighted by molar-refractivity contribution is -0.120. The first kappa shape index (κ1) is 12.4. The van der Waals surface area contributed by atoms with E-state index >= 15 is 0 Å². The Balaban J connectivity index is 3.12. The first-order valence-electron chi connectivity index (χ1n) is 4.82. The van der Waals surface area contributed by atoms with Crippen LogP contribution in [0.4, 0.5) is 0 Å². The molecule has 0 aromatic carbocycles. The molecule has 0 rings (SSSR count). The van der Waals surface area contributed by atoms with E-state index in [1.165, 1.54) is 0 Å². The number of amides is 1. The molecule has 0 aromatic heterocycles. The minimum Gasteiger partial charge on any atom is -0.379 e. The Morgan fingerprint density at radius 2 is 2.15 bits per heavy atom. The van der Waals surface area contributed by atoms with Crippen LogP contribution in [0.2, 0.25) is 0 Å². The second-order valence-corrected chi connectivity index (χ2v) is 3.00. The molecule has 0 aliphatic carbocycles. The zero-order valence-electron chi connectivity index (χ0n) is 8.47. The lowest BCUT2D eigenvalue weighted by Crippen LogP contribution is -2.26. The molecule has 0 fully saturated rings. The third-order valence-corrected chi connectivity index (χ3v) is 1.88. The highest BCUT2D eigenvalue weighted by Crippen LogP contribution is 1.96. The highest BCUT2D eigenvalue weighted by molar-refractivity contribution is 5.75. The summed E-state index contributed by atoms with van der Waals surface area (Å²) in [5.74, 6) is 0.0918. The lowest BCUT2D eigenvalue weighted by atomic mass is 10.2. The van der Waals surface area contributed by atoms with Gasteiger partial charge in [0.1, 0.15) is 6.23 Å². The van der Waals surface area contributed by atoms with E-state index in [2.05, 4.69) is 10.6 Å². The molecular weight excluding hydrogens is 168 g/mol. The van der Waals surface area contributed by atoms with E-state index in [1.807, 2.05) is 6.92 Å². The van der Waals surface area contributed by atoms with E-state index in [0.717, 1.165) is 19.3 Å². The molecule has 78 valence electrons. The number of rotatable bonds is 7. The maximum Gasteiger partial charge on any atom is 0.219 e. The van der Waals surface area contributed by atoms with E-state index in [4.69, 9.17) is 5.11 Å². The quantitative estimate of drug-likeness (QED) is 0.395. The summed E-state index contributed by atoms with van der Waals surface area (Å²) in [6.45, 7) is 2.54. The van der Waals surface area contributed by atoms with Gasteiger partial charge in [-0.05, 0) is 26.3 Å². The van der Waals surface area contributed by atoms with Crippen LogP contribution in [-0.4, -0.2) is 30.8 Å². The van der Waals surface area contributed by atoms with Crippen LogP contribution in [0.25, 0.3) is 0 Å². The molecule has 4 heteroatoms. The van der Waals surface area contributed by atoms with Gasteiger partial charge in [0.05, 0.1) is 0 Å². The maximum atomic E-state index is 10.8. The minimum absolute atomic E-state index is 0.0918. The Kier molecular flexibility index (Phi) is 7.63. The van der Waals surface area contributed by atoms with Gasteiger partial charge in [-0.2, -0.15) is 0 Å². The Labute approximate surface area is 79.7 Å². The Morgan fingerprint density at radius 3 is 2.69 bits per heavy atom. The largest absolute Gasteiger partial charge is 0.379 e. The topological polar surface area (TPSA) is 61.4 Å². The molecule has 0 saturated heterocycles. The van der Waals surface area contributed by atoms with Gasteiger partial charge < -0.3 is 10.4 Å². The molecule has 0 radical (unpaired) electrons. The summed E-state index contributed by atoms with van der Waals surface area (Å²) in [5.41, 5.74) is 0. The van der Waals surface area contributed by atoms with Crippen LogP contribution in [0.5, 0.6) is 0 Å². The Bertz CT molecular complexity index is 140. The van der Waals surface area contributed by atoms with Crippen molar-refractivity contribution in [3.05, 3.63) is 0 Å². The predicted molar refractivity (Wildman–Crippen MR) is 52.2 cm³/mol. The van der Waals surface area contributed by atoms with Gasteiger partial charge in [0.2, 0.25) is 5.91 Å². The number of unbranched alkanes of at least 4 members (excludes halogenated alkanes) is 1. The SMILES string of the molecule is CCC(=O)NCCCCC(O)NC. The van der Waals surface area contributed by atoms with Gasteiger partial charge in [0.15, 0.2) is 0 Å². The zero-order valence-corrected chi connectivity index (χ0v) is 8.47. The van der Waals surface area contributed by atoms with Crippen molar-refractivity contribution in [3.63, 3.8) is 0 Å². The first-order valence-corrected chi connectivity index (χ1v) is 4.82. The molecule has 0 saturated carbocycles. The number of hydrogen-bond donors (Lipinski definition) is 3. The average molecular weight is 188 g/mol. The van der Waals surface area contributed by atoms with E-state index in [0.29, 0.717) is 13.0 Å². The summed E-state index contributed by atoms with van der Waals surface area (Å²) in [5, 5.41) is 14.6. The van der Waals surface area contributed by atoms with Gasteiger partial charge in [-0.15, -0.1) is 0 Å². The molecule has 0 aromatic rings. The molecule has 0 aliphatic rings. The molecule has 1 atom stereocenters. The van der Waals surface area contributed by atoms with Crippen LogP contribution >= 0.6 is 0 Å². The summed E-state index contributed by atoms with van der Waals surface area (Å²) in [6, 6.07) is 0. The standard InChI is InChI=1S/C9H20N2O2/c1-3-8(12)11-7-5-4-6-9(13)10-2/h9-10,13H,3-7H2,1-2H3,(H,11,12). The van der Waals surface area contributed by atoms with Gasteiger partial charge in [0.25, 0.3) is 0 Å². The summed E-state index contributed by atoms with van der Waals surface area (Å²) >= 11 is 0. The second kappa shape index (κ2) is 8.01. The third-order valence-electron chi connectivity index (χ3n) is 1.88. The molecule has 0 aliphatic heterocycles. The summed E-state index contributed by atoms with van der Waals surface area (Å²) in [6.07, 6.45) is 2.70. The second-order valence-electron chi connectivity index (χ2n) is 3.00. The van der Waals surface area contributed by atoms with Gasteiger partial charge in [0, 0.05) is 13.0 Å². The lowest BCUT2D eigenvalue weighted by Gasteiger charge is -2.08. The van der Waals surface area contributed by atoms with Crippen LogP contribution in [0.3, 0.4) is 0 Å². The van der Waals surface area contributed by atoms with E-state index in [1.54, 1.807) is 7.05 Å². The van der Waals surface area contributed by atoms with E-state index in [-0.39, 0.29) is 5.91 Å². The van der Waals surface area contributed by atoms with Crippen molar-refractivity contribution in [1.29, 1.82) is 0 Å². The Hall–Kier alpha value is -0.610. The number of hydrogen-bond acceptors (Lipinski definition) is 3. The van der Waals surface area contributed by atoms with Crippen molar-refractivity contribution in [2.24, 2.45) is 0 Å². The van der Waals surface area contributed by atoms with Crippen LogP contribution in [0.15, 0.2) is 0 Å². The highest BCUT2D eigenvalue weighted by Gasteiger charge is 1.99. The number of aliphatic hydroxyl groups is 1. The molecular formula is C9H20N2O2. The van der Waals surface area contributed by atoms with Crippen molar-refractivity contribution >= 4 is 5.91 Å². The molecule has 1 unspecified atom stereocenters. The van der Waals surface area contributed by atoms with Crippen molar-refractivity contribution < 1.29 is 9.90 Å². The van der Waals surface area contributed by atoms with E-state index < -0.39 is 6.23 Å². The fourth-order valence-corrected chi connectivity index (χ4v) is 0.960. The molecule has 3 N–H and O–H groups in total. The molecule has 0 spiro atoms. The molecule has 4 nitrogen and oxygen atoms in total. The molecule has 1 amide bonds. The Morgan fingerprint density at radius 1 is 1.46 bits per heavy atom. The number of carbonyl (C=O) groups excluding carboxylic acids is 1. The van der Waals surface area contributed by atoms with Crippen LogP contribution in [-0.2, 0) is 4.79 Å². The van der Waals surface area contributed by atoms with Crippen LogP contribution < -0.4 is 10.6 Å². The van der Waals surface area contributed by atoms with Crippen molar-refractivity contribution in [2.75, 3.05) is 13.6 Å². The van der Waals surface area contributed by atoms with Gasteiger partial charge in [-0.25, -0.2) is 0 Å². The summed E-state index contributed by atoms with van der Waals surface area (Å²) in [4.78, 5) is 10.8. The highest BCUT2D eigenvalue weighted by atomic mass is 16.3. The van der Waals surface area contributed by atoms with Crippen molar-refractivity contribution in [1.82, 2.24) is 10.6 Å². The van der Waals surface area contributed by atoms with Gasteiger partial charge in [-0.3, -0.25) is 10.1 Å². The van der Waals surface area contributed by atoms with Crippen LogP contribution in [0, 0.1) is 0 Å². The maximum absolute atomic E-state index is 10.8. The normalized spacial score (nSPS) is 12.5. The monoisotopic (exact) mass is 188 g/mol. The number of carbonyl (C=O) groups is 1. The van der Waals surface area contributed by atoms with Gasteiger partial charge >= 0.3 is 0 Å².